The van der Waals surface area contributed by atoms with Crippen LogP contribution in [0.1, 0.15) is 59.6 Å². The van der Waals surface area contributed by atoms with Gasteiger partial charge in [-0.05, 0) is 46.5 Å². The zero-order valence-corrected chi connectivity index (χ0v) is 15.6. The largest absolute Gasteiger partial charge is 0.380 e. The van der Waals surface area contributed by atoms with Gasteiger partial charge in [-0.2, -0.15) is 0 Å². The normalized spacial score (nSPS) is 23.1. The molecular weight excluding hydrogens is 314 g/mol. The lowest BCUT2D eigenvalue weighted by Crippen LogP contribution is -2.29. The summed E-state index contributed by atoms with van der Waals surface area (Å²) in [6.45, 7) is 6.98. The van der Waals surface area contributed by atoms with Gasteiger partial charge in [-0.1, -0.05) is 0 Å². The van der Waals surface area contributed by atoms with Crippen molar-refractivity contribution >= 4 is 5.82 Å². The Bertz CT molecular complexity index is 765. The first-order valence-electron chi connectivity index (χ1n) is 9.25. The minimum Gasteiger partial charge on any atom is -0.380 e. The Morgan fingerprint density at radius 3 is 2.60 bits per heavy atom. The molecule has 2 aromatic rings. The number of fused-ring (bicyclic) bond motifs is 1. The zero-order chi connectivity index (χ0) is 17.6. The van der Waals surface area contributed by atoms with E-state index in [9.17, 15) is 0 Å². The second-order valence-corrected chi connectivity index (χ2v) is 7.32. The maximum absolute atomic E-state index is 5.70. The van der Waals surface area contributed by atoms with Crippen molar-refractivity contribution in [1.29, 1.82) is 0 Å². The maximum Gasteiger partial charge on any atom is 0.136 e. The van der Waals surface area contributed by atoms with Crippen LogP contribution in [0.2, 0.25) is 0 Å². The summed E-state index contributed by atoms with van der Waals surface area (Å²) in [7, 11) is 1.80. The predicted molar refractivity (Wildman–Crippen MR) is 97.0 cm³/mol. The summed E-state index contributed by atoms with van der Waals surface area (Å²) >= 11 is 0. The molecule has 1 aliphatic carbocycles. The monoisotopic (exact) mass is 341 g/mol. The summed E-state index contributed by atoms with van der Waals surface area (Å²) in [5, 5.41) is 0. The first-order valence-corrected chi connectivity index (χ1v) is 9.25. The molecule has 6 heteroatoms. The molecule has 0 saturated carbocycles. The molecule has 1 saturated heterocycles. The number of hydrogen-bond acceptors (Lipinski definition) is 5. The molecule has 2 aliphatic rings. The number of nitrogens with one attached hydrogen (secondary N) is 1. The summed E-state index contributed by atoms with van der Waals surface area (Å²) in [6, 6.07) is 0.178. The lowest BCUT2D eigenvalue weighted by molar-refractivity contribution is 0.118. The van der Waals surface area contributed by atoms with Crippen LogP contribution < -0.4 is 4.90 Å². The third-order valence-electron chi connectivity index (χ3n) is 5.60. The van der Waals surface area contributed by atoms with E-state index in [1.54, 1.807) is 7.11 Å². The zero-order valence-electron chi connectivity index (χ0n) is 15.6. The van der Waals surface area contributed by atoms with Gasteiger partial charge in [0.1, 0.15) is 17.5 Å². The van der Waals surface area contributed by atoms with E-state index >= 15 is 0 Å². The molecular formula is C19H27N5O. The minimum absolute atomic E-state index is 0.178. The average molecular weight is 341 g/mol. The highest BCUT2D eigenvalue weighted by Gasteiger charge is 2.38. The number of aromatic nitrogens is 4. The maximum atomic E-state index is 5.70. The highest BCUT2D eigenvalue weighted by Crippen LogP contribution is 2.39. The van der Waals surface area contributed by atoms with Gasteiger partial charge in [-0.25, -0.2) is 15.0 Å². The van der Waals surface area contributed by atoms with Gasteiger partial charge in [-0.15, -0.1) is 0 Å². The van der Waals surface area contributed by atoms with Gasteiger partial charge in [0.2, 0.25) is 0 Å². The molecule has 1 fully saturated rings. The van der Waals surface area contributed by atoms with E-state index < -0.39 is 0 Å². The Labute approximate surface area is 149 Å². The number of aromatic amines is 1. The average Bonchev–Trinajstić information content (AvgIpc) is 3.17. The molecule has 0 aromatic carbocycles. The SMILES string of the molecule is CO[C@@H]1C[C@@H](c2nc(C)c(C)[nH]2)N(c2nc(C)nc3c2CCCC3)C1. The van der Waals surface area contributed by atoms with E-state index in [4.69, 9.17) is 19.7 Å². The summed E-state index contributed by atoms with van der Waals surface area (Å²) in [6.07, 6.45) is 5.71. The highest BCUT2D eigenvalue weighted by atomic mass is 16.5. The number of hydrogen-bond donors (Lipinski definition) is 1. The van der Waals surface area contributed by atoms with Crippen LogP contribution in [-0.2, 0) is 17.6 Å². The van der Waals surface area contributed by atoms with Crippen LogP contribution in [0.4, 0.5) is 5.82 Å². The molecule has 4 rings (SSSR count). The number of aryl methyl sites for hydroxylation is 4. The van der Waals surface area contributed by atoms with Crippen LogP contribution in [0.3, 0.4) is 0 Å². The van der Waals surface area contributed by atoms with Crippen LogP contribution in [0.25, 0.3) is 0 Å². The van der Waals surface area contributed by atoms with Gasteiger partial charge in [0.25, 0.3) is 0 Å². The molecule has 1 N–H and O–H groups in total. The van der Waals surface area contributed by atoms with Crippen molar-refractivity contribution in [2.75, 3.05) is 18.6 Å². The molecule has 2 atom stereocenters. The molecule has 0 bridgehead atoms. The predicted octanol–water partition coefficient (Wildman–Crippen LogP) is 2.97. The number of imidazole rings is 1. The van der Waals surface area contributed by atoms with Gasteiger partial charge >= 0.3 is 0 Å². The van der Waals surface area contributed by atoms with Crippen molar-refractivity contribution in [3.05, 3.63) is 34.3 Å². The van der Waals surface area contributed by atoms with Crippen LogP contribution in [0.5, 0.6) is 0 Å². The standard InChI is InChI=1S/C19H27N5O/c1-11-12(2)21-18(20-11)17-9-14(25-4)10-24(17)19-15-7-5-6-8-16(15)22-13(3)23-19/h14,17H,5-10H2,1-4H3,(H,20,21)/t14-,17+/m1/s1. The lowest BCUT2D eigenvalue weighted by Gasteiger charge is -2.29. The molecule has 0 radical (unpaired) electrons. The van der Waals surface area contributed by atoms with E-state index in [2.05, 4.69) is 23.7 Å². The fraction of sp³-hybridized carbons (Fsp3) is 0.632. The molecule has 3 heterocycles. The van der Waals surface area contributed by atoms with Crippen molar-refractivity contribution in [2.24, 2.45) is 0 Å². The Kier molecular flexibility index (Phi) is 4.23. The molecule has 2 aromatic heterocycles. The van der Waals surface area contributed by atoms with Gasteiger partial charge in [0.05, 0.1) is 17.8 Å². The van der Waals surface area contributed by atoms with Crippen molar-refractivity contribution in [1.82, 2.24) is 19.9 Å². The summed E-state index contributed by atoms with van der Waals surface area (Å²) in [4.78, 5) is 20.2. The first-order chi connectivity index (χ1) is 12.1. The molecule has 0 spiro atoms. The van der Waals surface area contributed by atoms with E-state index in [1.807, 2.05) is 6.92 Å². The number of methoxy groups -OCH3 is 1. The third kappa shape index (κ3) is 2.92. The molecule has 1 aliphatic heterocycles. The number of ether oxygens (including phenoxy) is 1. The van der Waals surface area contributed by atoms with Crippen LogP contribution in [-0.4, -0.2) is 39.7 Å². The Hall–Kier alpha value is -1.95. The summed E-state index contributed by atoms with van der Waals surface area (Å²) < 4.78 is 5.70. The molecule has 0 amide bonds. The summed E-state index contributed by atoms with van der Waals surface area (Å²) in [5.41, 5.74) is 4.77. The fourth-order valence-corrected chi connectivity index (χ4v) is 4.13. The van der Waals surface area contributed by atoms with Crippen molar-refractivity contribution in [2.45, 2.75) is 65.0 Å². The molecule has 0 unspecified atom stereocenters. The van der Waals surface area contributed by atoms with Gasteiger partial charge in [0, 0.05) is 37.0 Å². The van der Waals surface area contributed by atoms with Crippen LogP contribution in [0, 0.1) is 20.8 Å². The van der Waals surface area contributed by atoms with Crippen LogP contribution in [0.15, 0.2) is 0 Å². The molecule has 134 valence electrons. The Morgan fingerprint density at radius 1 is 1.08 bits per heavy atom. The minimum atomic E-state index is 0.178. The summed E-state index contributed by atoms with van der Waals surface area (Å²) in [5.74, 6) is 2.98. The smallest absolute Gasteiger partial charge is 0.136 e. The highest BCUT2D eigenvalue weighted by molar-refractivity contribution is 5.53. The topological polar surface area (TPSA) is 66.9 Å². The number of rotatable bonds is 3. The third-order valence-corrected chi connectivity index (χ3v) is 5.60. The van der Waals surface area contributed by atoms with Gasteiger partial charge < -0.3 is 14.6 Å². The quantitative estimate of drug-likeness (QED) is 0.930. The van der Waals surface area contributed by atoms with Crippen molar-refractivity contribution in [3.63, 3.8) is 0 Å². The second kappa shape index (κ2) is 6.41. The number of H-pyrrole nitrogens is 1. The molecule has 25 heavy (non-hydrogen) atoms. The Morgan fingerprint density at radius 2 is 1.88 bits per heavy atom. The van der Waals surface area contributed by atoms with E-state index in [0.717, 1.165) is 54.7 Å². The first kappa shape index (κ1) is 16.5. The van der Waals surface area contributed by atoms with E-state index in [1.165, 1.54) is 24.1 Å². The van der Waals surface area contributed by atoms with Crippen molar-refractivity contribution < 1.29 is 4.74 Å². The van der Waals surface area contributed by atoms with Crippen LogP contribution >= 0.6 is 0 Å². The van der Waals surface area contributed by atoms with Gasteiger partial charge in [0.15, 0.2) is 0 Å². The molecule has 6 nitrogen and oxygen atoms in total. The fourth-order valence-electron chi connectivity index (χ4n) is 4.13. The van der Waals surface area contributed by atoms with E-state index in [-0.39, 0.29) is 12.1 Å². The Balaban J connectivity index is 1.78. The second-order valence-electron chi connectivity index (χ2n) is 7.32. The number of anilines is 1. The van der Waals surface area contributed by atoms with E-state index in [0.29, 0.717) is 0 Å². The van der Waals surface area contributed by atoms with Gasteiger partial charge in [-0.3, -0.25) is 0 Å². The lowest BCUT2D eigenvalue weighted by atomic mass is 9.96. The number of nitrogens with zero attached hydrogens (tertiary/aromatic N) is 4. The van der Waals surface area contributed by atoms with Crippen molar-refractivity contribution in [3.8, 4) is 0 Å².